The number of halogens is 2. The van der Waals surface area contributed by atoms with E-state index in [4.69, 9.17) is 33.0 Å². The van der Waals surface area contributed by atoms with Gasteiger partial charge >= 0.3 is 5.97 Å². The first-order valence-corrected chi connectivity index (χ1v) is 5.19. The third-order valence-electron chi connectivity index (χ3n) is 1.69. The van der Waals surface area contributed by atoms with E-state index in [0.717, 1.165) is 0 Å². The van der Waals surface area contributed by atoms with Gasteiger partial charge in [-0.2, -0.15) is 0 Å². The molecule has 0 heterocycles. The van der Waals surface area contributed by atoms with Crippen molar-refractivity contribution in [2.75, 3.05) is 0 Å². The summed E-state index contributed by atoms with van der Waals surface area (Å²) in [5, 5.41) is 8.84. The first-order chi connectivity index (χ1) is 7.09. The lowest BCUT2D eigenvalue weighted by molar-refractivity contribution is -0.145. The monoisotopic (exact) mass is 248 g/mol. The number of alkyl halides is 2. The largest absolute Gasteiger partial charge is 0.479 e. The first-order valence-electron chi connectivity index (χ1n) is 4.32. The number of ether oxygens (including phenoxy) is 1. The summed E-state index contributed by atoms with van der Waals surface area (Å²) in [5.74, 6) is -0.593. The second-order valence-electron chi connectivity index (χ2n) is 2.88. The molecule has 0 fully saturated rings. The van der Waals surface area contributed by atoms with E-state index < -0.39 is 16.9 Å². The molecule has 0 aliphatic heterocycles. The standard InChI is InChI=1S/C10H10Cl2O3/c11-9(12)6-8(10(13)14)15-7-4-2-1-3-5-7/h1-5,8-9H,6H2,(H,13,14). The summed E-state index contributed by atoms with van der Waals surface area (Å²) < 4.78 is 5.22. The third kappa shape index (κ3) is 4.40. The van der Waals surface area contributed by atoms with Crippen LogP contribution in [0.2, 0.25) is 0 Å². The first kappa shape index (κ1) is 12.1. The second-order valence-corrected chi connectivity index (χ2v) is 4.16. The van der Waals surface area contributed by atoms with Gasteiger partial charge < -0.3 is 9.84 Å². The summed E-state index contributed by atoms with van der Waals surface area (Å²) in [5.41, 5.74) is 0. The summed E-state index contributed by atoms with van der Waals surface area (Å²) in [6.07, 6.45) is -0.972. The van der Waals surface area contributed by atoms with Gasteiger partial charge in [0.2, 0.25) is 0 Å². The molecule has 0 spiro atoms. The molecule has 0 amide bonds. The molecule has 82 valence electrons. The highest BCUT2D eigenvalue weighted by Gasteiger charge is 2.22. The maximum atomic E-state index is 10.8. The molecular formula is C10H10Cl2O3. The Balaban J connectivity index is 2.63. The van der Waals surface area contributed by atoms with E-state index >= 15 is 0 Å². The van der Waals surface area contributed by atoms with E-state index in [0.29, 0.717) is 5.75 Å². The number of hydrogen-bond acceptors (Lipinski definition) is 2. The lowest BCUT2D eigenvalue weighted by Gasteiger charge is -2.15. The zero-order valence-electron chi connectivity index (χ0n) is 7.77. The number of carboxylic acid groups (broad SMARTS) is 1. The summed E-state index contributed by atoms with van der Waals surface area (Å²) in [4.78, 5) is 10.0. The number of rotatable bonds is 5. The van der Waals surface area contributed by atoms with Gasteiger partial charge in [-0.3, -0.25) is 0 Å². The smallest absolute Gasteiger partial charge is 0.344 e. The van der Waals surface area contributed by atoms with Gasteiger partial charge in [0.05, 0.1) is 0 Å². The van der Waals surface area contributed by atoms with Crippen LogP contribution < -0.4 is 4.74 Å². The van der Waals surface area contributed by atoms with Crippen LogP contribution in [0.4, 0.5) is 0 Å². The maximum Gasteiger partial charge on any atom is 0.344 e. The topological polar surface area (TPSA) is 46.5 Å². The van der Waals surface area contributed by atoms with Gasteiger partial charge in [-0.15, -0.1) is 23.2 Å². The molecule has 0 bridgehead atoms. The van der Waals surface area contributed by atoms with E-state index in [2.05, 4.69) is 0 Å². The highest BCUT2D eigenvalue weighted by atomic mass is 35.5. The Kier molecular flexibility index (Phi) is 4.72. The molecule has 3 nitrogen and oxygen atoms in total. The van der Waals surface area contributed by atoms with Crippen LogP contribution in [0.25, 0.3) is 0 Å². The molecule has 0 saturated carbocycles. The second kappa shape index (κ2) is 5.83. The molecule has 0 saturated heterocycles. The fraction of sp³-hybridized carbons (Fsp3) is 0.300. The Labute approximate surface area is 97.6 Å². The third-order valence-corrected chi connectivity index (χ3v) is 2.05. The van der Waals surface area contributed by atoms with Gasteiger partial charge in [-0.05, 0) is 12.1 Å². The highest BCUT2D eigenvalue weighted by molar-refractivity contribution is 6.44. The van der Waals surface area contributed by atoms with Crippen LogP contribution in [-0.4, -0.2) is 22.0 Å². The van der Waals surface area contributed by atoms with Crippen molar-refractivity contribution in [2.24, 2.45) is 0 Å². The predicted octanol–water partition coefficient (Wildman–Crippen LogP) is 2.71. The number of hydrogen-bond donors (Lipinski definition) is 1. The molecule has 1 N–H and O–H groups in total. The fourth-order valence-electron chi connectivity index (χ4n) is 1.02. The zero-order chi connectivity index (χ0) is 11.3. The van der Waals surface area contributed by atoms with Gasteiger partial charge in [0, 0.05) is 6.42 Å². The molecule has 1 aromatic carbocycles. The van der Waals surface area contributed by atoms with E-state index in [9.17, 15) is 4.79 Å². The molecule has 5 heteroatoms. The highest BCUT2D eigenvalue weighted by Crippen LogP contribution is 2.17. The van der Waals surface area contributed by atoms with Crippen LogP contribution in [-0.2, 0) is 4.79 Å². The van der Waals surface area contributed by atoms with E-state index in [1.54, 1.807) is 24.3 Å². The molecule has 1 aromatic rings. The number of para-hydroxylation sites is 1. The van der Waals surface area contributed by atoms with Gasteiger partial charge in [-0.1, -0.05) is 18.2 Å². The fourth-order valence-corrected chi connectivity index (χ4v) is 1.35. The predicted molar refractivity (Wildman–Crippen MR) is 58.6 cm³/mol. The Morgan fingerprint density at radius 3 is 2.40 bits per heavy atom. The average molecular weight is 249 g/mol. The maximum absolute atomic E-state index is 10.8. The Bertz CT molecular complexity index is 314. The molecule has 1 rings (SSSR count). The summed E-state index contributed by atoms with van der Waals surface area (Å²) in [6.45, 7) is 0. The van der Waals surface area contributed by atoms with Gasteiger partial charge in [0.1, 0.15) is 10.6 Å². The number of carbonyl (C=O) groups is 1. The number of benzene rings is 1. The van der Waals surface area contributed by atoms with E-state index in [1.807, 2.05) is 6.07 Å². The lowest BCUT2D eigenvalue weighted by atomic mass is 10.2. The van der Waals surface area contributed by atoms with E-state index in [-0.39, 0.29) is 6.42 Å². The van der Waals surface area contributed by atoms with Crippen LogP contribution in [0.1, 0.15) is 6.42 Å². The molecule has 1 atom stereocenters. The van der Waals surface area contributed by atoms with E-state index in [1.165, 1.54) is 0 Å². The molecule has 1 unspecified atom stereocenters. The zero-order valence-corrected chi connectivity index (χ0v) is 9.28. The van der Waals surface area contributed by atoms with Crippen molar-refractivity contribution < 1.29 is 14.6 Å². The lowest BCUT2D eigenvalue weighted by Crippen LogP contribution is -2.28. The van der Waals surface area contributed by atoms with Crippen LogP contribution in [0.15, 0.2) is 30.3 Å². The molecule has 0 aromatic heterocycles. The molecule has 0 radical (unpaired) electrons. The SMILES string of the molecule is O=C(O)C(CC(Cl)Cl)Oc1ccccc1. The Morgan fingerprint density at radius 1 is 1.33 bits per heavy atom. The molecule has 15 heavy (non-hydrogen) atoms. The van der Waals surface area contributed by atoms with Gasteiger partial charge in [-0.25, -0.2) is 4.79 Å². The van der Waals surface area contributed by atoms with Gasteiger partial charge in [0.15, 0.2) is 6.10 Å². The van der Waals surface area contributed by atoms with Crippen molar-refractivity contribution >= 4 is 29.2 Å². The Morgan fingerprint density at radius 2 is 1.93 bits per heavy atom. The van der Waals surface area contributed by atoms with Crippen LogP contribution >= 0.6 is 23.2 Å². The molecule has 0 aliphatic carbocycles. The minimum atomic E-state index is -1.08. The van der Waals surface area contributed by atoms with Crippen molar-refractivity contribution in [2.45, 2.75) is 17.4 Å². The Hall–Kier alpha value is -0.930. The molecular weight excluding hydrogens is 239 g/mol. The number of aliphatic carboxylic acids is 1. The van der Waals surface area contributed by atoms with Crippen LogP contribution in [0.3, 0.4) is 0 Å². The summed E-state index contributed by atoms with van der Waals surface area (Å²) in [6, 6.07) is 8.68. The number of carboxylic acids is 1. The quantitative estimate of drug-likeness (QED) is 0.816. The normalized spacial score (nSPS) is 12.5. The minimum Gasteiger partial charge on any atom is -0.479 e. The van der Waals surface area contributed by atoms with Crippen molar-refractivity contribution in [1.29, 1.82) is 0 Å². The van der Waals surface area contributed by atoms with Crippen LogP contribution in [0.5, 0.6) is 5.75 Å². The van der Waals surface area contributed by atoms with Crippen molar-refractivity contribution in [1.82, 2.24) is 0 Å². The van der Waals surface area contributed by atoms with Crippen molar-refractivity contribution in [3.63, 3.8) is 0 Å². The van der Waals surface area contributed by atoms with Gasteiger partial charge in [0.25, 0.3) is 0 Å². The van der Waals surface area contributed by atoms with Crippen molar-refractivity contribution in [3.05, 3.63) is 30.3 Å². The summed E-state index contributed by atoms with van der Waals surface area (Å²) >= 11 is 11.0. The average Bonchev–Trinajstić information content (AvgIpc) is 2.17. The van der Waals surface area contributed by atoms with Crippen LogP contribution in [0, 0.1) is 0 Å². The molecule has 0 aliphatic rings. The summed E-state index contributed by atoms with van der Waals surface area (Å²) in [7, 11) is 0. The van der Waals surface area contributed by atoms with Crippen molar-refractivity contribution in [3.8, 4) is 5.75 Å². The minimum absolute atomic E-state index is 0.0489.